The van der Waals surface area contributed by atoms with Crippen LogP contribution in [0, 0.1) is 17.0 Å². The Kier molecular flexibility index (Phi) is 4.44. The van der Waals surface area contributed by atoms with Gasteiger partial charge < -0.3 is 10.1 Å². The van der Waals surface area contributed by atoms with Gasteiger partial charge >= 0.3 is 5.97 Å². The van der Waals surface area contributed by atoms with Crippen LogP contribution in [0.5, 0.6) is 0 Å². The van der Waals surface area contributed by atoms with Crippen LogP contribution in [0.25, 0.3) is 0 Å². The number of aryl methyl sites for hydroxylation is 1. The van der Waals surface area contributed by atoms with Crippen molar-refractivity contribution in [2.75, 3.05) is 7.11 Å². The fourth-order valence-corrected chi connectivity index (χ4v) is 1.61. The molecule has 0 heterocycles. The van der Waals surface area contributed by atoms with Gasteiger partial charge in [-0.1, -0.05) is 6.07 Å². The molecule has 7 nitrogen and oxygen atoms in total. The largest absolute Gasteiger partial charge is 0.467 e. The number of hydrogen-bond acceptors (Lipinski definition) is 5. The molecule has 0 saturated carbocycles. The average molecular weight is 280 g/mol. The second-order valence-electron chi connectivity index (χ2n) is 4.83. The number of nitrogens with one attached hydrogen (secondary N) is 1. The van der Waals surface area contributed by atoms with Gasteiger partial charge in [-0.3, -0.25) is 14.9 Å². The van der Waals surface area contributed by atoms with Crippen molar-refractivity contribution in [3.05, 3.63) is 39.4 Å². The molecule has 1 aromatic carbocycles. The molecule has 1 amide bonds. The second-order valence-corrected chi connectivity index (χ2v) is 4.83. The Morgan fingerprint density at radius 1 is 1.35 bits per heavy atom. The summed E-state index contributed by atoms with van der Waals surface area (Å²) in [7, 11) is 1.22. The standard InChI is InChI=1S/C13H16N2O5/c1-8-5-6-9(7-10(8)15(18)19)11(16)14-13(2,3)12(17)20-4/h5-7H,1-4H3,(H,14,16). The van der Waals surface area contributed by atoms with Crippen molar-refractivity contribution < 1.29 is 19.2 Å². The van der Waals surface area contributed by atoms with Crippen molar-refractivity contribution in [3.63, 3.8) is 0 Å². The van der Waals surface area contributed by atoms with E-state index in [9.17, 15) is 19.7 Å². The SMILES string of the molecule is COC(=O)C(C)(C)NC(=O)c1ccc(C)c([N+](=O)[O-])c1. The van der Waals surface area contributed by atoms with Gasteiger partial charge in [0.25, 0.3) is 11.6 Å². The van der Waals surface area contributed by atoms with E-state index in [1.54, 1.807) is 6.92 Å². The van der Waals surface area contributed by atoms with Crippen LogP contribution in [0.15, 0.2) is 18.2 Å². The lowest BCUT2D eigenvalue weighted by Crippen LogP contribution is -2.50. The van der Waals surface area contributed by atoms with E-state index in [4.69, 9.17) is 0 Å². The van der Waals surface area contributed by atoms with Crippen molar-refractivity contribution >= 4 is 17.6 Å². The molecular weight excluding hydrogens is 264 g/mol. The van der Waals surface area contributed by atoms with E-state index in [-0.39, 0.29) is 11.3 Å². The summed E-state index contributed by atoms with van der Waals surface area (Å²) >= 11 is 0. The van der Waals surface area contributed by atoms with Gasteiger partial charge in [0.1, 0.15) is 5.54 Å². The first-order valence-corrected chi connectivity index (χ1v) is 5.85. The normalized spacial score (nSPS) is 10.8. The summed E-state index contributed by atoms with van der Waals surface area (Å²) in [5.41, 5.74) is -0.794. The third kappa shape index (κ3) is 3.31. The smallest absolute Gasteiger partial charge is 0.330 e. The summed E-state index contributed by atoms with van der Waals surface area (Å²) in [6, 6.07) is 4.13. The van der Waals surface area contributed by atoms with Crippen molar-refractivity contribution in [3.8, 4) is 0 Å². The van der Waals surface area contributed by atoms with Gasteiger partial charge in [-0.15, -0.1) is 0 Å². The predicted octanol–water partition coefficient (Wildman–Crippen LogP) is 1.58. The molecule has 7 heteroatoms. The maximum Gasteiger partial charge on any atom is 0.330 e. The van der Waals surface area contributed by atoms with Gasteiger partial charge in [-0.25, -0.2) is 4.79 Å². The van der Waals surface area contributed by atoms with Crippen molar-refractivity contribution in [2.45, 2.75) is 26.3 Å². The third-order valence-corrected chi connectivity index (χ3v) is 2.79. The molecule has 0 atom stereocenters. The van der Waals surface area contributed by atoms with Gasteiger partial charge in [0, 0.05) is 17.2 Å². The van der Waals surface area contributed by atoms with E-state index in [0.29, 0.717) is 5.56 Å². The number of esters is 1. The molecule has 1 rings (SSSR count). The zero-order chi connectivity index (χ0) is 15.5. The number of nitrogens with zero attached hydrogens (tertiary/aromatic N) is 1. The molecule has 0 fully saturated rings. The van der Waals surface area contributed by atoms with Gasteiger partial charge in [-0.05, 0) is 26.8 Å². The Labute approximate surface area is 116 Å². The molecule has 0 aliphatic rings. The van der Waals surface area contributed by atoms with E-state index in [0.717, 1.165) is 0 Å². The fraction of sp³-hybridized carbons (Fsp3) is 0.385. The second kappa shape index (κ2) is 5.68. The molecule has 0 aromatic heterocycles. The van der Waals surface area contributed by atoms with E-state index >= 15 is 0 Å². The first-order valence-electron chi connectivity index (χ1n) is 5.85. The first kappa shape index (κ1) is 15.6. The maximum atomic E-state index is 12.0. The van der Waals surface area contributed by atoms with Crippen LogP contribution < -0.4 is 5.32 Å². The molecule has 0 unspecified atom stereocenters. The molecule has 0 bridgehead atoms. The number of nitro benzene ring substituents is 1. The quantitative estimate of drug-likeness (QED) is 0.513. The topological polar surface area (TPSA) is 98.5 Å². The molecule has 20 heavy (non-hydrogen) atoms. The molecule has 0 radical (unpaired) electrons. The molecule has 108 valence electrons. The van der Waals surface area contributed by atoms with Gasteiger partial charge in [-0.2, -0.15) is 0 Å². The van der Waals surface area contributed by atoms with E-state index in [2.05, 4.69) is 10.1 Å². The highest BCUT2D eigenvalue weighted by atomic mass is 16.6. The lowest BCUT2D eigenvalue weighted by molar-refractivity contribution is -0.385. The molecule has 1 N–H and O–H groups in total. The van der Waals surface area contributed by atoms with Crippen LogP contribution in [0.2, 0.25) is 0 Å². The number of amides is 1. The number of methoxy groups -OCH3 is 1. The number of nitro groups is 1. The van der Waals surface area contributed by atoms with Crippen molar-refractivity contribution in [2.24, 2.45) is 0 Å². The van der Waals surface area contributed by atoms with Crippen LogP contribution in [-0.4, -0.2) is 29.4 Å². The maximum absolute atomic E-state index is 12.0. The van der Waals surface area contributed by atoms with E-state index < -0.39 is 22.3 Å². The highest BCUT2D eigenvalue weighted by Gasteiger charge is 2.31. The predicted molar refractivity (Wildman–Crippen MR) is 71.4 cm³/mol. The molecular formula is C13H16N2O5. The Morgan fingerprint density at radius 3 is 2.45 bits per heavy atom. The fourth-order valence-electron chi connectivity index (χ4n) is 1.61. The highest BCUT2D eigenvalue weighted by molar-refractivity contribution is 5.98. The highest BCUT2D eigenvalue weighted by Crippen LogP contribution is 2.19. The number of rotatable bonds is 4. The number of ether oxygens (including phenoxy) is 1. The van der Waals surface area contributed by atoms with Crippen LogP contribution >= 0.6 is 0 Å². The Hall–Kier alpha value is -2.44. The number of hydrogen-bond donors (Lipinski definition) is 1. The van der Waals surface area contributed by atoms with Crippen molar-refractivity contribution in [1.29, 1.82) is 0 Å². The zero-order valence-corrected chi connectivity index (χ0v) is 11.7. The summed E-state index contributed by atoms with van der Waals surface area (Å²) in [6.07, 6.45) is 0. The van der Waals surface area contributed by atoms with Gasteiger partial charge in [0.2, 0.25) is 0 Å². The van der Waals surface area contributed by atoms with Gasteiger partial charge in [0.05, 0.1) is 12.0 Å². The minimum atomic E-state index is -1.22. The Bertz CT molecular complexity index is 566. The lowest BCUT2D eigenvalue weighted by atomic mass is 10.0. The molecule has 1 aromatic rings. The Morgan fingerprint density at radius 2 is 1.95 bits per heavy atom. The Balaban J connectivity index is 3.02. The minimum Gasteiger partial charge on any atom is -0.467 e. The molecule has 0 aliphatic carbocycles. The van der Waals surface area contributed by atoms with E-state index in [1.165, 1.54) is 39.2 Å². The summed E-state index contributed by atoms with van der Waals surface area (Å²) in [5.74, 6) is -1.18. The van der Waals surface area contributed by atoms with Crippen LogP contribution in [-0.2, 0) is 9.53 Å². The molecule has 0 saturated heterocycles. The number of benzene rings is 1. The molecule has 0 aliphatic heterocycles. The van der Waals surface area contributed by atoms with E-state index in [1.807, 2.05) is 0 Å². The van der Waals surface area contributed by atoms with Crippen LogP contribution in [0.1, 0.15) is 29.8 Å². The van der Waals surface area contributed by atoms with Gasteiger partial charge in [0.15, 0.2) is 0 Å². The summed E-state index contributed by atoms with van der Waals surface area (Å²) in [4.78, 5) is 33.8. The van der Waals surface area contributed by atoms with Crippen LogP contribution in [0.3, 0.4) is 0 Å². The van der Waals surface area contributed by atoms with Crippen molar-refractivity contribution in [1.82, 2.24) is 5.32 Å². The summed E-state index contributed by atoms with van der Waals surface area (Å²) < 4.78 is 4.57. The number of carbonyl (C=O) groups excluding carboxylic acids is 2. The first-order chi connectivity index (χ1) is 9.19. The number of carbonyl (C=O) groups is 2. The monoisotopic (exact) mass is 280 g/mol. The van der Waals surface area contributed by atoms with Crippen LogP contribution in [0.4, 0.5) is 5.69 Å². The lowest BCUT2D eigenvalue weighted by Gasteiger charge is -2.23. The third-order valence-electron chi connectivity index (χ3n) is 2.79. The summed E-state index contributed by atoms with van der Waals surface area (Å²) in [5, 5.41) is 13.3. The summed E-state index contributed by atoms with van der Waals surface area (Å²) in [6.45, 7) is 4.55. The molecule has 0 spiro atoms. The minimum absolute atomic E-state index is 0.110. The zero-order valence-electron chi connectivity index (χ0n) is 11.7. The average Bonchev–Trinajstić information content (AvgIpc) is 2.37.